The Labute approximate surface area is 142 Å². The van der Waals surface area contributed by atoms with Gasteiger partial charge in [0.15, 0.2) is 0 Å². The maximum atomic E-state index is 11.5. The summed E-state index contributed by atoms with van der Waals surface area (Å²) >= 11 is 5.83. The molecule has 0 radical (unpaired) electrons. The van der Waals surface area contributed by atoms with E-state index in [2.05, 4.69) is 10.4 Å². The Morgan fingerprint density at radius 3 is 2.75 bits per heavy atom. The van der Waals surface area contributed by atoms with E-state index in [-0.39, 0.29) is 18.9 Å². The number of nitrogens with zero attached hydrogens (tertiary/aromatic N) is 1. The SMILES string of the molecule is COCCNC(=O)C(=O)N/N=C\c1cc(Cl)ccc1OCC(=O)[O-]. The lowest BCUT2D eigenvalue weighted by molar-refractivity contribution is -0.307. The normalized spacial score (nSPS) is 10.4. The standard InChI is InChI=1S/C14H16ClN3O6/c1-23-5-4-16-13(21)14(22)18-17-7-9-6-10(15)2-3-11(9)24-8-12(19)20/h2-3,6-7H,4-5,8H2,1H3,(H,16,21)(H,18,22)(H,19,20)/p-1/b17-7-. The van der Waals surface area contributed by atoms with E-state index < -0.39 is 24.4 Å². The second kappa shape index (κ2) is 10.2. The largest absolute Gasteiger partial charge is 0.546 e. The number of hydrogen-bond acceptors (Lipinski definition) is 7. The highest BCUT2D eigenvalue weighted by Gasteiger charge is 2.11. The van der Waals surface area contributed by atoms with Crippen molar-refractivity contribution in [1.82, 2.24) is 10.7 Å². The molecule has 0 aliphatic carbocycles. The Hall–Kier alpha value is -2.65. The van der Waals surface area contributed by atoms with E-state index in [1.165, 1.54) is 25.3 Å². The van der Waals surface area contributed by atoms with Crippen LogP contribution in [0.15, 0.2) is 23.3 Å². The molecule has 0 spiro atoms. The van der Waals surface area contributed by atoms with E-state index in [1.807, 2.05) is 5.43 Å². The summed E-state index contributed by atoms with van der Waals surface area (Å²) in [7, 11) is 1.46. The highest BCUT2D eigenvalue weighted by molar-refractivity contribution is 6.35. The average Bonchev–Trinajstić information content (AvgIpc) is 2.53. The first-order valence-corrected chi connectivity index (χ1v) is 7.04. The minimum absolute atomic E-state index is 0.172. The van der Waals surface area contributed by atoms with Crippen LogP contribution in [0.3, 0.4) is 0 Å². The van der Waals surface area contributed by atoms with E-state index in [9.17, 15) is 19.5 Å². The van der Waals surface area contributed by atoms with Crippen molar-refractivity contribution in [2.24, 2.45) is 5.10 Å². The number of carbonyl (C=O) groups is 3. The van der Waals surface area contributed by atoms with Gasteiger partial charge in [0, 0.05) is 24.2 Å². The lowest BCUT2D eigenvalue weighted by Gasteiger charge is -2.09. The molecule has 1 aromatic carbocycles. The van der Waals surface area contributed by atoms with Gasteiger partial charge in [-0.25, -0.2) is 5.43 Å². The van der Waals surface area contributed by atoms with Crippen LogP contribution < -0.4 is 20.6 Å². The number of nitrogens with one attached hydrogen (secondary N) is 2. The number of aliphatic carboxylic acids is 1. The minimum atomic E-state index is -1.39. The first kappa shape index (κ1) is 19.4. The molecule has 1 rings (SSSR count). The van der Waals surface area contributed by atoms with Gasteiger partial charge in [-0.3, -0.25) is 9.59 Å². The van der Waals surface area contributed by atoms with Gasteiger partial charge < -0.3 is 24.7 Å². The van der Waals surface area contributed by atoms with Crippen molar-refractivity contribution in [2.45, 2.75) is 0 Å². The third kappa shape index (κ3) is 7.07. The number of carboxylic acid groups (broad SMARTS) is 1. The Bertz CT molecular complexity index is 635. The minimum Gasteiger partial charge on any atom is -0.546 e. The first-order valence-electron chi connectivity index (χ1n) is 6.66. The summed E-state index contributed by atoms with van der Waals surface area (Å²) in [5, 5.41) is 16.7. The Balaban J connectivity index is 2.65. The first-order chi connectivity index (χ1) is 11.4. The van der Waals surface area contributed by atoms with Crippen LogP contribution in [-0.2, 0) is 19.1 Å². The number of hydrogen-bond donors (Lipinski definition) is 2. The second-order valence-corrected chi connectivity index (χ2v) is 4.73. The molecule has 0 heterocycles. The van der Waals surface area contributed by atoms with E-state index in [1.54, 1.807) is 0 Å². The van der Waals surface area contributed by atoms with Gasteiger partial charge in [-0.05, 0) is 18.2 Å². The van der Waals surface area contributed by atoms with Crippen molar-refractivity contribution in [3.05, 3.63) is 28.8 Å². The van der Waals surface area contributed by atoms with Crippen LogP contribution in [0, 0.1) is 0 Å². The summed E-state index contributed by atoms with van der Waals surface area (Å²) in [5.74, 6) is -3.06. The molecule has 0 aliphatic rings. The van der Waals surface area contributed by atoms with Gasteiger partial charge in [0.1, 0.15) is 12.4 Å². The summed E-state index contributed by atoms with van der Waals surface area (Å²) in [6, 6.07) is 4.37. The number of rotatable bonds is 8. The number of carboxylic acids is 1. The fraction of sp³-hybridized carbons (Fsp3) is 0.286. The van der Waals surface area contributed by atoms with Gasteiger partial charge in [0.2, 0.25) is 0 Å². The van der Waals surface area contributed by atoms with E-state index in [0.717, 1.165) is 6.21 Å². The maximum Gasteiger partial charge on any atom is 0.329 e. The summed E-state index contributed by atoms with van der Waals surface area (Å²) in [4.78, 5) is 33.3. The predicted molar refractivity (Wildman–Crippen MR) is 82.6 cm³/mol. The fourth-order valence-electron chi connectivity index (χ4n) is 1.45. The van der Waals surface area contributed by atoms with Gasteiger partial charge in [0.05, 0.1) is 18.8 Å². The monoisotopic (exact) mass is 356 g/mol. The molecule has 0 aliphatic heterocycles. The van der Waals surface area contributed by atoms with Crippen molar-refractivity contribution in [1.29, 1.82) is 0 Å². The maximum absolute atomic E-state index is 11.5. The zero-order chi connectivity index (χ0) is 17.9. The molecule has 0 saturated carbocycles. The summed E-state index contributed by atoms with van der Waals surface area (Å²) < 4.78 is 9.73. The zero-order valence-corrected chi connectivity index (χ0v) is 13.5. The number of halogens is 1. The van der Waals surface area contributed by atoms with Crippen molar-refractivity contribution in [3.8, 4) is 5.75 Å². The number of benzene rings is 1. The highest BCUT2D eigenvalue weighted by Crippen LogP contribution is 2.21. The van der Waals surface area contributed by atoms with Gasteiger partial charge in [-0.15, -0.1) is 0 Å². The summed E-state index contributed by atoms with van der Waals surface area (Å²) in [6.45, 7) is -0.206. The van der Waals surface area contributed by atoms with Crippen LogP contribution in [0.2, 0.25) is 5.02 Å². The predicted octanol–water partition coefficient (Wildman–Crippen LogP) is -1.32. The number of amides is 2. The number of hydrazone groups is 1. The Kier molecular flexibility index (Phi) is 8.23. The summed E-state index contributed by atoms with van der Waals surface area (Å²) in [5.41, 5.74) is 2.33. The average molecular weight is 357 g/mol. The van der Waals surface area contributed by atoms with E-state index >= 15 is 0 Å². The Morgan fingerprint density at radius 2 is 2.08 bits per heavy atom. The lowest BCUT2D eigenvalue weighted by atomic mass is 10.2. The molecule has 0 unspecified atom stereocenters. The molecule has 10 heteroatoms. The number of carbonyl (C=O) groups excluding carboxylic acids is 3. The molecule has 2 amide bonds. The van der Waals surface area contributed by atoms with Gasteiger partial charge >= 0.3 is 11.8 Å². The molecular weight excluding hydrogens is 342 g/mol. The molecule has 2 N–H and O–H groups in total. The third-order valence-corrected chi connectivity index (χ3v) is 2.72. The lowest BCUT2D eigenvalue weighted by Crippen LogP contribution is -2.39. The molecule has 0 fully saturated rings. The van der Waals surface area contributed by atoms with Crippen LogP contribution in [0.25, 0.3) is 0 Å². The fourth-order valence-corrected chi connectivity index (χ4v) is 1.63. The molecule has 130 valence electrons. The topological polar surface area (TPSA) is 129 Å². The molecule has 24 heavy (non-hydrogen) atoms. The molecule has 0 saturated heterocycles. The molecule has 0 aromatic heterocycles. The van der Waals surface area contributed by atoms with Crippen LogP contribution in [0.5, 0.6) is 5.75 Å². The van der Waals surface area contributed by atoms with Crippen LogP contribution >= 0.6 is 11.6 Å². The number of ether oxygens (including phenoxy) is 2. The summed E-state index contributed by atoms with van der Waals surface area (Å²) in [6.07, 6.45) is 1.16. The quantitative estimate of drug-likeness (QED) is 0.257. The van der Waals surface area contributed by atoms with Crippen LogP contribution in [0.4, 0.5) is 0 Å². The van der Waals surface area contributed by atoms with Crippen molar-refractivity contribution >= 4 is 35.6 Å². The van der Waals surface area contributed by atoms with Crippen molar-refractivity contribution < 1.29 is 29.0 Å². The van der Waals surface area contributed by atoms with Crippen LogP contribution in [0.1, 0.15) is 5.56 Å². The van der Waals surface area contributed by atoms with Gasteiger partial charge in [-0.2, -0.15) is 5.10 Å². The van der Waals surface area contributed by atoms with Crippen molar-refractivity contribution in [3.63, 3.8) is 0 Å². The highest BCUT2D eigenvalue weighted by atomic mass is 35.5. The molecule has 0 bridgehead atoms. The second-order valence-electron chi connectivity index (χ2n) is 4.29. The third-order valence-electron chi connectivity index (χ3n) is 2.49. The number of methoxy groups -OCH3 is 1. The molecular formula is C14H15ClN3O6-. The smallest absolute Gasteiger partial charge is 0.329 e. The molecule has 1 aromatic rings. The zero-order valence-electron chi connectivity index (χ0n) is 12.7. The van der Waals surface area contributed by atoms with Gasteiger partial charge in [-0.1, -0.05) is 11.6 Å². The van der Waals surface area contributed by atoms with Crippen molar-refractivity contribution in [2.75, 3.05) is 26.9 Å². The van der Waals surface area contributed by atoms with E-state index in [0.29, 0.717) is 10.6 Å². The molecule has 0 atom stereocenters. The Morgan fingerprint density at radius 1 is 1.33 bits per heavy atom. The molecule has 9 nitrogen and oxygen atoms in total. The van der Waals surface area contributed by atoms with E-state index in [4.69, 9.17) is 21.1 Å². The van der Waals surface area contributed by atoms with Gasteiger partial charge in [0.25, 0.3) is 0 Å². The van der Waals surface area contributed by atoms with Crippen LogP contribution in [-0.4, -0.2) is 50.9 Å².